The second-order valence-corrected chi connectivity index (χ2v) is 10.6. The van der Waals surface area contributed by atoms with Gasteiger partial charge in [-0.15, -0.1) is 0 Å². The molecule has 0 saturated carbocycles. The highest BCUT2D eigenvalue weighted by Gasteiger charge is 2.35. The van der Waals surface area contributed by atoms with Gasteiger partial charge < -0.3 is 13.9 Å². The number of furan rings is 1. The number of fused-ring (bicyclic) bond motifs is 1. The molecule has 2 aromatic carbocycles. The van der Waals surface area contributed by atoms with Crippen LogP contribution in [0.25, 0.3) is 17.4 Å². The summed E-state index contributed by atoms with van der Waals surface area (Å²) in [5.41, 5.74) is 1.42. The first kappa shape index (κ1) is 26.3. The summed E-state index contributed by atoms with van der Waals surface area (Å²) in [4.78, 5) is 31.6. The maximum Gasteiger partial charge on any atom is 0.338 e. The van der Waals surface area contributed by atoms with Crippen molar-refractivity contribution in [1.82, 2.24) is 4.57 Å². The Kier molecular flexibility index (Phi) is 7.24. The van der Waals surface area contributed by atoms with Gasteiger partial charge in [0.25, 0.3) is 5.56 Å². The fourth-order valence-electron chi connectivity index (χ4n) is 4.30. The number of carbonyl (C=O) groups excluding carboxylic acids is 1. The molecule has 7 nitrogen and oxygen atoms in total. The molecule has 11 heteroatoms. The number of thiazole rings is 1. The van der Waals surface area contributed by atoms with E-state index in [1.807, 2.05) is 0 Å². The van der Waals surface area contributed by atoms with Gasteiger partial charge in [-0.2, -0.15) is 0 Å². The van der Waals surface area contributed by atoms with E-state index < -0.39 is 12.0 Å². The quantitative estimate of drug-likeness (QED) is 0.282. The molecule has 38 heavy (non-hydrogen) atoms. The molecule has 0 amide bonds. The Morgan fingerprint density at radius 1 is 1.08 bits per heavy atom. The number of hydrogen-bond donors (Lipinski definition) is 0. The Hall–Kier alpha value is -3.30. The van der Waals surface area contributed by atoms with Crippen molar-refractivity contribution < 1.29 is 18.7 Å². The van der Waals surface area contributed by atoms with E-state index in [1.54, 1.807) is 61.5 Å². The standard InChI is InChI=1S/C27H19Cl3N2O5S/c1-13-23(26(34)36-3)24(18-11-15(29)5-8-20(18)35-2)32-25(33)22(38-27(32)31-13)12-16-6-9-21(37-16)17-10-14(28)4-7-19(17)30/h4-12,24H,1-3H3/b22-12-/t24-/m0/s1. The van der Waals surface area contributed by atoms with Gasteiger partial charge >= 0.3 is 5.97 Å². The molecular weight excluding hydrogens is 571 g/mol. The van der Waals surface area contributed by atoms with Gasteiger partial charge in [-0.1, -0.05) is 46.1 Å². The van der Waals surface area contributed by atoms with E-state index in [4.69, 9.17) is 48.7 Å². The van der Waals surface area contributed by atoms with Crippen molar-refractivity contribution in [3.05, 3.63) is 106 Å². The van der Waals surface area contributed by atoms with Crippen molar-refractivity contribution >= 4 is 58.2 Å². The molecule has 1 aliphatic heterocycles. The molecule has 0 N–H and O–H groups in total. The predicted octanol–water partition coefficient (Wildman–Crippen LogP) is 5.64. The summed E-state index contributed by atoms with van der Waals surface area (Å²) in [5.74, 6) is 0.782. The fourth-order valence-corrected chi connectivity index (χ4v) is 5.89. The van der Waals surface area contributed by atoms with Crippen LogP contribution in [0.4, 0.5) is 0 Å². The van der Waals surface area contributed by atoms with Crippen LogP contribution in [0.3, 0.4) is 0 Å². The van der Waals surface area contributed by atoms with Gasteiger partial charge in [-0.05, 0) is 55.5 Å². The zero-order valence-corrected chi connectivity index (χ0v) is 23.3. The van der Waals surface area contributed by atoms with Crippen LogP contribution in [-0.2, 0) is 9.53 Å². The van der Waals surface area contributed by atoms with Crippen LogP contribution in [-0.4, -0.2) is 24.8 Å². The van der Waals surface area contributed by atoms with E-state index in [9.17, 15) is 9.59 Å². The zero-order chi connectivity index (χ0) is 27.1. The number of hydrogen-bond acceptors (Lipinski definition) is 7. The SMILES string of the molecule is COC(=O)C1=C(C)N=c2s/c(=C\c3ccc(-c4cc(Cl)ccc4Cl)o3)c(=O)n2[C@H]1c1cc(Cl)ccc1OC. The number of ether oxygens (including phenoxy) is 2. The molecule has 5 rings (SSSR count). The number of rotatable bonds is 5. The Morgan fingerprint density at radius 3 is 2.55 bits per heavy atom. The molecule has 0 aliphatic carbocycles. The van der Waals surface area contributed by atoms with Crippen LogP contribution in [0, 0.1) is 0 Å². The molecule has 0 saturated heterocycles. The van der Waals surface area contributed by atoms with Crippen molar-refractivity contribution in [2.75, 3.05) is 14.2 Å². The number of esters is 1. The molecule has 0 radical (unpaired) electrons. The lowest BCUT2D eigenvalue weighted by Crippen LogP contribution is -2.40. The number of carbonyl (C=O) groups is 1. The average molecular weight is 590 g/mol. The monoisotopic (exact) mass is 588 g/mol. The lowest BCUT2D eigenvalue weighted by atomic mass is 9.95. The number of methoxy groups -OCH3 is 2. The van der Waals surface area contributed by atoms with Gasteiger partial charge in [0.05, 0.1) is 35.0 Å². The van der Waals surface area contributed by atoms with Crippen molar-refractivity contribution in [2.24, 2.45) is 4.99 Å². The van der Waals surface area contributed by atoms with E-state index >= 15 is 0 Å². The van der Waals surface area contributed by atoms with Crippen LogP contribution >= 0.6 is 46.1 Å². The molecule has 0 spiro atoms. The van der Waals surface area contributed by atoms with Gasteiger partial charge in [0.1, 0.15) is 23.3 Å². The number of allylic oxidation sites excluding steroid dienone is 1. The van der Waals surface area contributed by atoms with Gasteiger partial charge in [0.15, 0.2) is 4.80 Å². The van der Waals surface area contributed by atoms with Crippen molar-refractivity contribution in [3.63, 3.8) is 0 Å². The van der Waals surface area contributed by atoms with Crippen LogP contribution in [0.15, 0.2) is 74.0 Å². The molecule has 0 bridgehead atoms. The Morgan fingerprint density at radius 2 is 1.82 bits per heavy atom. The van der Waals surface area contributed by atoms with E-state index in [-0.39, 0.29) is 11.1 Å². The smallest absolute Gasteiger partial charge is 0.338 e. The normalized spacial score (nSPS) is 15.3. The Labute approximate surface area is 235 Å². The lowest BCUT2D eigenvalue weighted by Gasteiger charge is -2.25. The maximum atomic E-state index is 13.8. The first-order chi connectivity index (χ1) is 18.2. The Balaban J connectivity index is 1.69. The minimum Gasteiger partial charge on any atom is -0.496 e. The lowest BCUT2D eigenvalue weighted by molar-refractivity contribution is -0.136. The third-order valence-corrected chi connectivity index (χ3v) is 7.79. The molecule has 0 fully saturated rings. The highest BCUT2D eigenvalue weighted by Crippen LogP contribution is 2.37. The van der Waals surface area contributed by atoms with Gasteiger partial charge in [0, 0.05) is 27.2 Å². The number of benzene rings is 2. The maximum absolute atomic E-state index is 13.8. The molecule has 3 heterocycles. The first-order valence-corrected chi connectivity index (χ1v) is 13.2. The van der Waals surface area contributed by atoms with E-state index in [0.29, 0.717) is 58.5 Å². The largest absolute Gasteiger partial charge is 0.496 e. The predicted molar refractivity (Wildman–Crippen MR) is 148 cm³/mol. The topological polar surface area (TPSA) is 83.0 Å². The fraction of sp³-hybridized carbons (Fsp3) is 0.148. The highest BCUT2D eigenvalue weighted by atomic mass is 35.5. The molecule has 4 aromatic rings. The van der Waals surface area contributed by atoms with Crippen molar-refractivity contribution in [3.8, 4) is 17.1 Å². The summed E-state index contributed by atoms with van der Waals surface area (Å²) in [6.45, 7) is 1.70. The molecular formula is C27H19Cl3N2O5S. The first-order valence-electron chi connectivity index (χ1n) is 11.2. The van der Waals surface area contributed by atoms with Crippen LogP contribution in [0.5, 0.6) is 5.75 Å². The zero-order valence-electron chi connectivity index (χ0n) is 20.3. The number of halogens is 3. The van der Waals surface area contributed by atoms with E-state index in [0.717, 1.165) is 0 Å². The van der Waals surface area contributed by atoms with Crippen LogP contribution in [0.1, 0.15) is 24.3 Å². The van der Waals surface area contributed by atoms with Gasteiger partial charge in [-0.3, -0.25) is 9.36 Å². The number of aromatic nitrogens is 1. The van der Waals surface area contributed by atoms with Crippen molar-refractivity contribution in [2.45, 2.75) is 13.0 Å². The second kappa shape index (κ2) is 10.5. The molecule has 1 aliphatic rings. The minimum absolute atomic E-state index is 0.211. The van der Waals surface area contributed by atoms with Gasteiger partial charge in [0.2, 0.25) is 0 Å². The summed E-state index contributed by atoms with van der Waals surface area (Å²) in [6.07, 6.45) is 1.62. The van der Waals surface area contributed by atoms with Crippen molar-refractivity contribution in [1.29, 1.82) is 0 Å². The summed E-state index contributed by atoms with van der Waals surface area (Å²) in [7, 11) is 2.78. The number of nitrogens with zero attached hydrogens (tertiary/aromatic N) is 2. The minimum atomic E-state index is -0.869. The third kappa shape index (κ3) is 4.69. The molecule has 0 unspecified atom stereocenters. The van der Waals surface area contributed by atoms with Gasteiger partial charge in [-0.25, -0.2) is 9.79 Å². The second-order valence-electron chi connectivity index (χ2n) is 8.29. The highest BCUT2D eigenvalue weighted by molar-refractivity contribution is 7.07. The third-order valence-electron chi connectivity index (χ3n) is 6.01. The Bertz CT molecular complexity index is 1800. The van der Waals surface area contributed by atoms with Crippen LogP contribution in [0.2, 0.25) is 15.1 Å². The summed E-state index contributed by atoms with van der Waals surface area (Å²) >= 11 is 19.9. The van der Waals surface area contributed by atoms with E-state index in [1.165, 1.54) is 30.1 Å². The average Bonchev–Trinajstić information content (AvgIpc) is 3.48. The summed E-state index contributed by atoms with van der Waals surface area (Å²) in [6, 6.07) is 12.7. The molecule has 194 valence electrons. The molecule has 2 aromatic heterocycles. The summed E-state index contributed by atoms with van der Waals surface area (Å²) in [5, 5.41) is 1.42. The summed E-state index contributed by atoms with van der Waals surface area (Å²) < 4.78 is 18.4. The van der Waals surface area contributed by atoms with Crippen LogP contribution < -0.4 is 19.6 Å². The molecule has 1 atom stereocenters. The van der Waals surface area contributed by atoms with E-state index in [2.05, 4.69) is 4.99 Å².